The Bertz CT molecular complexity index is 480. The van der Waals surface area contributed by atoms with E-state index in [-0.39, 0.29) is 5.75 Å². The lowest BCUT2D eigenvalue weighted by molar-refractivity contribution is 0.478. The second-order valence-corrected chi connectivity index (χ2v) is 2.94. The van der Waals surface area contributed by atoms with Gasteiger partial charge in [0, 0.05) is 0 Å². The Hall–Kier alpha value is -2.03. The number of rotatable bonds is 2. The molecule has 2 N–H and O–H groups in total. The molecule has 2 rings (SSSR count). The van der Waals surface area contributed by atoms with E-state index in [1.807, 2.05) is 24.3 Å². The van der Waals surface area contributed by atoms with E-state index < -0.39 is 0 Å². The number of anilines is 1. The molecule has 69 valence electrons. The smallest absolute Gasteiger partial charge is 0.314 e. The SMILES string of the molecule is O=[C]Nc1cc2ccccc2cc1O. The first-order chi connectivity index (χ1) is 6.81. The van der Waals surface area contributed by atoms with Crippen LogP contribution in [0.15, 0.2) is 36.4 Å². The first-order valence-corrected chi connectivity index (χ1v) is 4.16. The van der Waals surface area contributed by atoms with Crippen molar-refractivity contribution >= 4 is 22.9 Å². The number of nitrogens with one attached hydrogen (secondary N) is 1. The number of benzene rings is 2. The van der Waals surface area contributed by atoms with Crippen LogP contribution in [0.4, 0.5) is 5.69 Å². The molecule has 0 atom stereocenters. The van der Waals surface area contributed by atoms with Crippen LogP contribution in [0.25, 0.3) is 10.8 Å². The van der Waals surface area contributed by atoms with E-state index in [1.54, 1.807) is 12.1 Å². The first-order valence-electron chi connectivity index (χ1n) is 4.16. The van der Waals surface area contributed by atoms with Gasteiger partial charge in [-0.1, -0.05) is 24.3 Å². The van der Waals surface area contributed by atoms with Gasteiger partial charge < -0.3 is 10.4 Å². The maximum Gasteiger partial charge on any atom is 0.314 e. The number of hydrogen-bond acceptors (Lipinski definition) is 2. The summed E-state index contributed by atoms with van der Waals surface area (Å²) in [6, 6.07) is 10.9. The summed E-state index contributed by atoms with van der Waals surface area (Å²) >= 11 is 0. The molecular weight excluding hydrogens is 178 g/mol. The molecule has 0 heterocycles. The number of hydrogen-bond donors (Lipinski definition) is 2. The van der Waals surface area contributed by atoms with Crippen molar-refractivity contribution in [1.29, 1.82) is 0 Å². The molecule has 2 aromatic carbocycles. The zero-order chi connectivity index (χ0) is 9.97. The van der Waals surface area contributed by atoms with Crippen LogP contribution in [-0.2, 0) is 4.79 Å². The monoisotopic (exact) mass is 186 g/mol. The molecule has 0 fully saturated rings. The highest BCUT2D eigenvalue weighted by Crippen LogP contribution is 2.28. The number of phenols is 1. The summed E-state index contributed by atoms with van der Waals surface area (Å²) in [5.41, 5.74) is 0.374. The summed E-state index contributed by atoms with van der Waals surface area (Å²) in [4.78, 5) is 10.1. The molecule has 0 bridgehead atoms. The highest BCUT2D eigenvalue weighted by molar-refractivity contribution is 5.91. The van der Waals surface area contributed by atoms with E-state index in [4.69, 9.17) is 0 Å². The molecule has 0 aliphatic rings. The molecule has 0 saturated heterocycles. The zero-order valence-corrected chi connectivity index (χ0v) is 7.32. The van der Waals surface area contributed by atoms with Gasteiger partial charge in [-0.05, 0) is 22.9 Å². The summed E-state index contributed by atoms with van der Waals surface area (Å²) in [7, 11) is 0. The van der Waals surface area contributed by atoms with E-state index in [0.29, 0.717) is 5.69 Å². The van der Waals surface area contributed by atoms with Crippen LogP contribution in [0.2, 0.25) is 0 Å². The maximum atomic E-state index is 10.1. The third kappa shape index (κ3) is 1.40. The standard InChI is InChI=1S/C11H8NO2/c13-7-12-10-5-8-3-1-2-4-9(8)6-11(10)14/h1-6,14H,(H,12,13). The average Bonchev–Trinajstić information content (AvgIpc) is 2.19. The minimum absolute atomic E-state index is 0.0482. The Morgan fingerprint density at radius 3 is 2.43 bits per heavy atom. The van der Waals surface area contributed by atoms with E-state index in [1.165, 1.54) is 6.41 Å². The lowest BCUT2D eigenvalue weighted by atomic mass is 10.1. The molecule has 0 saturated carbocycles. The van der Waals surface area contributed by atoms with Gasteiger partial charge in [-0.25, -0.2) is 0 Å². The fraction of sp³-hybridized carbons (Fsp3) is 0. The Labute approximate surface area is 81.0 Å². The van der Waals surface area contributed by atoms with Gasteiger partial charge in [0.05, 0.1) is 5.69 Å². The lowest BCUT2D eigenvalue weighted by Gasteiger charge is -2.04. The molecule has 0 aliphatic heterocycles. The Morgan fingerprint density at radius 2 is 1.79 bits per heavy atom. The minimum Gasteiger partial charge on any atom is -0.506 e. The van der Waals surface area contributed by atoms with Crippen molar-refractivity contribution < 1.29 is 9.90 Å². The number of carbonyl (C=O) groups excluding carboxylic acids is 1. The van der Waals surface area contributed by atoms with Crippen LogP contribution in [0.1, 0.15) is 0 Å². The topological polar surface area (TPSA) is 49.3 Å². The van der Waals surface area contributed by atoms with Crippen molar-refractivity contribution in [3.63, 3.8) is 0 Å². The molecule has 14 heavy (non-hydrogen) atoms. The third-order valence-corrected chi connectivity index (χ3v) is 2.05. The molecule has 0 aliphatic carbocycles. The van der Waals surface area contributed by atoms with Crippen molar-refractivity contribution in [1.82, 2.24) is 0 Å². The van der Waals surface area contributed by atoms with Crippen LogP contribution < -0.4 is 5.32 Å². The molecular formula is C11H8NO2. The van der Waals surface area contributed by atoms with Gasteiger partial charge in [-0.3, -0.25) is 4.79 Å². The van der Waals surface area contributed by atoms with E-state index in [9.17, 15) is 9.90 Å². The molecule has 1 amide bonds. The number of fused-ring (bicyclic) bond motifs is 1. The molecule has 3 heteroatoms. The maximum absolute atomic E-state index is 10.1. The second kappa shape index (κ2) is 3.38. The highest BCUT2D eigenvalue weighted by Gasteiger charge is 2.02. The molecule has 3 nitrogen and oxygen atoms in total. The lowest BCUT2D eigenvalue weighted by Crippen LogP contribution is -1.93. The molecule has 0 unspecified atom stereocenters. The normalized spacial score (nSPS) is 10.0. The Balaban J connectivity index is 2.64. The van der Waals surface area contributed by atoms with Crippen molar-refractivity contribution in [3.8, 4) is 5.75 Å². The van der Waals surface area contributed by atoms with Crippen LogP contribution in [0.5, 0.6) is 5.75 Å². The van der Waals surface area contributed by atoms with Gasteiger partial charge in [0.2, 0.25) is 0 Å². The molecule has 0 aromatic heterocycles. The van der Waals surface area contributed by atoms with Crippen molar-refractivity contribution in [3.05, 3.63) is 36.4 Å². The van der Waals surface area contributed by atoms with Crippen molar-refractivity contribution in [2.24, 2.45) is 0 Å². The summed E-state index contributed by atoms with van der Waals surface area (Å²) in [5.74, 6) is 0.0482. The van der Waals surface area contributed by atoms with Crippen LogP contribution in [0.3, 0.4) is 0 Å². The fourth-order valence-electron chi connectivity index (χ4n) is 1.38. The highest BCUT2D eigenvalue weighted by atomic mass is 16.3. The van der Waals surface area contributed by atoms with E-state index in [0.717, 1.165) is 10.8 Å². The molecule has 0 spiro atoms. The van der Waals surface area contributed by atoms with Gasteiger partial charge in [0.25, 0.3) is 0 Å². The Morgan fingerprint density at radius 1 is 1.14 bits per heavy atom. The summed E-state index contributed by atoms with van der Waals surface area (Å²) in [5, 5.41) is 13.7. The summed E-state index contributed by atoms with van der Waals surface area (Å²) in [6.45, 7) is 0. The van der Waals surface area contributed by atoms with E-state index >= 15 is 0 Å². The van der Waals surface area contributed by atoms with Gasteiger partial charge in [-0.15, -0.1) is 0 Å². The van der Waals surface area contributed by atoms with Crippen molar-refractivity contribution in [2.75, 3.05) is 5.32 Å². The quantitative estimate of drug-likeness (QED) is 0.556. The van der Waals surface area contributed by atoms with Crippen LogP contribution in [-0.4, -0.2) is 11.5 Å². The second-order valence-electron chi connectivity index (χ2n) is 2.94. The van der Waals surface area contributed by atoms with Gasteiger partial charge in [0.15, 0.2) is 0 Å². The molecule has 1 radical (unpaired) electrons. The number of aromatic hydroxyl groups is 1. The Kier molecular flexibility index (Phi) is 2.07. The summed E-state index contributed by atoms with van der Waals surface area (Å²) in [6.07, 6.45) is 1.53. The van der Waals surface area contributed by atoms with Crippen LogP contribution in [0, 0.1) is 0 Å². The van der Waals surface area contributed by atoms with Gasteiger partial charge >= 0.3 is 6.41 Å². The van der Waals surface area contributed by atoms with E-state index in [2.05, 4.69) is 5.32 Å². The average molecular weight is 186 g/mol. The van der Waals surface area contributed by atoms with Gasteiger partial charge in [-0.2, -0.15) is 0 Å². The predicted molar refractivity (Wildman–Crippen MR) is 54.9 cm³/mol. The largest absolute Gasteiger partial charge is 0.506 e. The van der Waals surface area contributed by atoms with Crippen LogP contribution >= 0.6 is 0 Å². The predicted octanol–water partition coefficient (Wildman–Crippen LogP) is 2.02. The number of phenolic OH excluding ortho intramolecular Hbond substituents is 1. The fourth-order valence-corrected chi connectivity index (χ4v) is 1.38. The zero-order valence-electron chi connectivity index (χ0n) is 7.32. The number of amides is 1. The van der Waals surface area contributed by atoms with Crippen molar-refractivity contribution in [2.45, 2.75) is 0 Å². The minimum atomic E-state index is 0.0482. The first kappa shape index (κ1) is 8.56. The molecule has 2 aromatic rings. The van der Waals surface area contributed by atoms with Gasteiger partial charge in [0.1, 0.15) is 5.75 Å². The summed E-state index contributed by atoms with van der Waals surface area (Å²) < 4.78 is 0. The third-order valence-electron chi connectivity index (χ3n) is 2.05.